The Morgan fingerprint density at radius 3 is 2.92 bits per heavy atom. The van der Waals surface area contributed by atoms with Gasteiger partial charge in [0, 0.05) is 26.7 Å². The molecule has 4 heteroatoms. The fourth-order valence-electron chi connectivity index (χ4n) is 0.916. The van der Waals surface area contributed by atoms with Crippen LogP contribution in [0.3, 0.4) is 0 Å². The highest BCUT2D eigenvalue weighted by molar-refractivity contribution is 5.91. The first-order valence-corrected chi connectivity index (χ1v) is 3.82. The molecule has 0 saturated carbocycles. The molecular weight excluding hydrogens is 154 g/mol. The maximum Gasteiger partial charge on any atom is 0.272 e. The third-order valence-corrected chi connectivity index (χ3v) is 1.56. The second-order valence-electron chi connectivity index (χ2n) is 2.65. The second-order valence-corrected chi connectivity index (χ2v) is 2.65. The van der Waals surface area contributed by atoms with Gasteiger partial charge in [0.15, 0.2) is 0 Å². The van der Waals surface area contributed by atoms with E-state index in [2.05, 4.69) is 11.2 Å². The SMILES string of the molecule is CCn1nc[c]c1C(=O)N(C)C. The van der Waals surface area contributed by atoms with E-state index < -0.39 is 0 Å². The predicted octanol–water partition coefficient (Wildman–Crippen LogP) is 0.405. The first-order chi connectivity index (χ1) is 5.66. The van der Waals surface area contributed by atoms with E-state index >= 15 is 0 Å². The molecule has 4 nitrogen and oxygen atoms in total. The summed E-state index contributed by atoms with van der Waals surface area (Å²) in [4.78, 5) is 12.9. The highest BCUT2D eigenvalue weighted by Gasteiger charge is 2.12. The van der Waals surface area contributed by atoms with Gasteiger partial charge in [-0.3, -0.25) is 9.48 Å². The zero-order valence-electron chi connectivity index (χ0n) is 7.53. The molecule has 1 aromatic heterocycles. The van der Waals surface area contributed by atoms with Gasteiger partial charge in [-0.25, -0.2) is 0 Å². The quantitative estimate of drug-likeness (QED) is 0.638. The molecule has 1 amide bonds. The molecule has 1 rings (SSSR count). The lowest BCUT2D eigenvalue weighted by Gasteiger charge is -2.10. The Morgan fingerprint density at radius 2 is 2.42 bits per heavy atom. The summed E-state index contributed by atoms with van der Waals surface area (Å²) in [6, 6.07) is 2.80. The average molecular weight is 166 g/mol. The van der Waals surface area contributed by atoms with Crippen LogP contribution in [0.1, 0.15) is 17.4 Å². The molecule has 0 aliphatic heterocycles. The second kappa shape index (κ2) is 3.38. The molecule has 65 valence electrons. The first-order valence-electron chi connectivity index (χ1n) is 3.82. The lowest BCUT2D eigenvalue weighted by atomic mass is 10.4. The normalized spacial score (nSPS) is 9.92. The number of aromatic nitrogens is 2. The minimum atomic E-state index is -0.0608. The third-order valence-electron chi connectivity index (χ3n) is 1.56. The minimum Gasteiger partial charge on any atom is -0.343 e. The van der Waals surface area contributed by atoms with Crippen LogP contribution in [0.5, 0.6) is 0 Å². The van der Waals surface area contributed by atoms with E-state index in [0.29, 0.717) is 12.2 Å². The van der Waals surface area contributed by atoms with Crippen LogP contribution in [0, 0.1) is 6.07 Å². The Kier molecular flexibility index (Phi) is 2.47. The Hall–Kier alpha value is -1.32. The summed E-state index contributed by atoms with van der Waals surface area (Å²) in [5.74, 6) is -0.0608. The predicted molar refractivity (Wildman–Crippen MR) is 44.8 cm³/mol. The number of rotatable bonds is 2. The summed E-state index contributed by atoms with van der Waals surface area (Å²) in [6.07, 6.45) is 1.51. The van der Waals surface area contributed by atoms with E-state index in [-0.39, 0.29) is 5.91 Å². The molecular formula is C8H12N3O. The lowest BCUT2D eigenvalue weighted by molar-refractivity contribution is 0.0815. The van der Waals surface area contributed by atoms with Crippen LogP contribution in [0.2, 0.25) is 0 Å². The van der Waals surface area contributed by atoms with Crippen molar-refractivity contribution in [2.24, 2.45) is 0 Å². The van der Waals surface area contributed by atoms with Crippen molar-refractivity contribution < 1.29 is 4.79 Å². The fraction of sp³-hybridized carbons (Fsp3) is 0.500. The van der Waals surface area contributed by atoms with E-state index in [1.54, 1.807) is 18.8 Å². The number of nitrogens with zero attached hydrogens (tertiary/aromatic N) is 3. The zero-order valence-corrected chi connectivity index (χ0v) is 7.53. The van der Waals surface area contributed by atoms with Gasteiger partial charge in [-0.15, -0.1) is 0 Å². The Bertz CT molecular complexity index is 278. The summed E-state index contributed by atoms with van der Waals surface area (Å²) < 4.78 is 1.63. The molecule has 0 aliphatic carbocycles. The Morgan fingerprint density at radius 1 is 1.75 bits per heavy atom. The van der Waals surface area contributed by atoms with E-state index in [9.17, 15) is 4.79 Å². The summed E-state index contributed by atoms with van der Waals surface area (Å²) in [5, 5.41) is 3.95. The molecule has 12 heavy (non-hydrogen) atoms. The van der Waals surface area contributed by atoms with Gasteiger partial charge < -0.3 is 4.90 Å². The topological polar surface area (TPSA) is 38.1 Å². The highest BCUT2D eigenvalue weighted by Crippen LogP contribution is 2.00. The Balaban J connectivity index is 2.94. The number of carbonyl (C=O) groups is 1. The van der Waals surface area contributed by atoms with Crippen molar-refractivity contribution in [1.82, 2.24) is 14.7 Å². The van der Waals surface area contributed by atoms with E-state index in [1.165, 1.54) is 11.1 Å². The summed E-state index contributed by atoms with van der Waals surface area (Å²) in [6.45, 7) is 2.63. The van der Waals surface area contributed by atoms with Crippen LogP contribution in [0.25, 0.3) is 0 Å². The van der Waals surface area contributed by atoms with Gasteiger partial charge in [0.05, 0.1) is 6.20 Å². The van der Waals surface area contributed by atoms with Crippen molar-refractivity contribution in [1.29, 1.82) is 0 Å². The van der Waals surface area contributed by atoms with Crippen LogP contribution in [-0.4, -0.2) is 34.7 Å². The first kappa shape index (κ1) is 8.77. The lowest BCUT2D eigenvalue weighted by Crippen LogP contribution is -2.24. The third kappa shape index (κ3) is 1.47. The van der Waals surface area contributed by atoms with Crippen LogP contribution >= 0.6 is 0 Å². The van der Waals surface area contributed by atoms with E-state index in [1.807, 2.05) is 6.92 Å². The largest absolute Gasteiger partial charge is 0.343 e. The molecule has 0 unspecified atom stereocenters. The van der Waals surface area contributed by atoms with Gasteiger partial charge in [0.2, 0.25) is 0 Å². The molecule has 0 aliphatic rings. The van der Waals surface area contributed by atoms with Crippen LogP contribution in [0.15, 0.2) is 6.20 Å². The van der Waals surface area contributed by atoms with Crippen molar-refractivity contribution in [2.75, 3.05) is 14.1 Å². The molecule has 0 atom stereocenters. The maximum atomic E-state index is 11.4. The van der Waals surface area contributed by atoms with Crippen molar-refractivity contribution in [3.8, 4) is 0 Å². The van der Waals surface area contributed by atoms with Crippen molar-refractivity contribution in [3.63, 3.8) is 0 Å². The zero-order chi connectivity index (χ0) is 9.14. The average Bonchev–Trinajstić information content (AvgIpc) is 2.49. The molecule has 0 fully saturated rings. The molecule has 0 bridgehead atoms. The monoisotopic (exact) mass is 166 g/mol. The summed E-state index contributed by atoms with van der Waals surface area (Å²) in [5.41, 5.74) is 0.516. The standard InChI is InChI=1S/C8H12N3O/c1-4-11-7(5-6-9-11)8(12)10(2)3/h6H,4H2,1-3H3. The van der Waals surface area contributed by atoms with E-state index in [0.717, 1.165) is 0 Å². The number of hydrogen-bond donors (Lipinski definition) is 0. The molecule has 1 radical (unpaired) electrons. The maximum absolute atomic E-state index is 11.4. The van der Waals surface area contributed by atoms with E-state index in [4.69, 9.17) is 0 Å². The molecule has 0 N–H and O–H groups in total. The summed E-state index contributed by atoms with van der Waals surface area (Å²) in [7, 11) is 3.42. The molecule has 1 heterocycles. The molecule has 0 aromatic carbocycles. The van der Waals surface area contributed by atoms with Gasteiger partial charge in [0.1, 0.15) is 5.69 Å². The van der Waals surface area contributed by atoms with Crippen molar-refractivity contribution in [3.05, 3.63) is 18.0 Å². The van der Waals surface area contributed by atoms with Gasteiger partial charge in [-0.2, -0.15) is 5.10 Å². The van der Waals surface area contributed by atoms with Gasteiger partial charge >= 0.3 is 0 Å². The number of hydrogen-bond acceptors (Lipinski definition) is 2. The summed E-state index contributed by atoms with van der Waals surface area (Å²) >= 11 is 0. The highest BCUT2D eigenvalue weighted by atomic mass is 16.2. The Labute approximate surface area is 71.8 Å². The number of aryl methyl sites for hydroxylation is 1. The van der Waals surface area contributed by atoms with Gasteiger partial charge in [0.25, 0.3) is 5.91 Å². The van der Waals surface area contributed by atoms with Crippen LogP contribution in [-0.2, 0) is 6.54 Å². The van der Waals surface area contributed by atoms with Gasteiger partial charge in [-0.05, 0) is 6.92 Å². The molecule has 0 spiro atoms. The van der Waals surface area contributed by atoms with Crippen LogP contribution in [0.4, 0.5) is 0 Å². The minimum absolute atomic E-state index is 0.0608. The fourth-order valence-corrected chi connectivity index (χ4v) is 0.916. The van der Waals surface area contributed by atoms with Crippen LogP contribution < -0.4 is 0 Å². The molecule has 0 saturated heterocycles. The van der Waals surface area contributed by atoms with Crippen molar-refractivity contribution in [2.45, 2.75) is 13.5 Å². The molecule has 1 aromatic rings. The van der Waals surface area contributed by atoms with Gasteiger partial charge in [-0.1, -0.05) is 0 Å². The van der Waals surface area contributed by atoms with Crippen molar-refractivity contribution >= 4 is 5.91 Å². The smallest absolute Gasteiger partial charge is 0.272 e. The number of amides is 1. The number of carbonyl (C=O) groups excluding carboxylic acids is 1.